The molecule has 2 atom stereocenters. The van der Waals surface area contributed by atoms with Crippen LogP contribution < -0.4 is 5.32 Å². The molecule has 0 saturated carbocycles. The molecule has 2 N–H and O–H groups in total. The Hall–Kier alpha value is -2.41. The minimum atomic E-state index is -0.342. The third-order valence-electron chi connectivity index (χ3n) is 4.74. The van der Waals surface area contributed by atoms with Gasteiger partial charge in [-0.05, 0) is 43.9 Å². The largest absolute Gasteiger partial charge is 0.394 e. The number of piperidine rings is 1. The standard InChI is InChI=1S/C18H23FN4O2/c1-12-5-4-8-22(16(12)11-24)18(25)20-17-9-13(2)23(21-17)15-7-3-6-14(19)10-15/h3,6-7,9-10,12,16,24H,4-5,8,11H2,1-2H3,(H,20,21,25). The summed E-state index contributed by atoms with van der Waals surface area (Å²) in [5.41, 5.74) is 1.38. The van der Waals surface area contributed by atoms with Gasteiger partial charge in [-0.3, -0.25) is 5.32 Å². The molecule has 0 radical (unpaired) electrons. The molecule has 25 heavy (non-hydrogen) atoms. The summed E-state index contributed by atoms with van der Waals surface area (Å²) in [6, 6.07) is 7.42. The number of aryl methyl sites for hydroxylation is 1. The van der Waals surface area contributed by atoms with Crippen molar-refractivity contribution in [3.8, 4) is 5.69 Å². The summed E-state index contributed by atoms with van der Waals surface area (Å²) in [4.78, 5) is 14.3. The van der Waals surface area contributed by atoms with Crippen LogP contribution in [0.2, 0.25) is 0 Å². The molecule has 2 amide bonds. The Kier molecular flexibility index (Phi) is 5.03. The molecule has 2 heterocycles. The van der Waals surface area contributed by atoms with Gasteiger partial charge >= 0.3 is 6.03 Å². The van der Waals surface area contributed by atoms with Crippen molar-refractivity contribution in [1.82, 2.24) is 14.7 Å². The summed E-state index contributed by atoms with van der Waals surface area (Å²) >= 11 is 0. The molecule has 0 aliphatic carbocycles. The lowest BCUT2D eigenvalue weighted by molar-refractivity contribution is 0.0811. The fraction of sp³-hybridized carbons (Fsp3) is 0.444. The molecule has 7 heteroatoms. The number of aliphatic hydroxyl groups excluding tert-OH is 1. The van der Waals surface area contributed by atoms with Gasteiger partial charge in [-0.25, -0.2) is 13.9 Å². The highest BCUT2D eigenvalue weighted by molar-refractivity contribution is 5.88. The number of aliphatic hydroxyl groups is 1. The number of rotatable bonds is 3. The number of amides is 2. The molecule has 2 aromatic rings. The molecule has 1 aliphatic heterocycles. The van der Waals surface area contributed by atoms with Crippen LogP contribution in [-0.2, 0) is 0 Å². The van der Waals surface area contributed by atoms with E-state index in [1.165, 1.54) is 12.1 Å². The molecule has 0 bridgehead atoms. The second-order valence-electron chi connectivity index (χ2n) is 6.56. The van der Waals surface area contributed by atoms with Gasteiger partial charge < -0.3 is 10.0 Å². The molecule has 0 spiro atoms. The predicted octanol–water partition coefficient (Wildman–Crippen LogP) is 2.94. The number of aromatic nitrogens is 2. The summed E-state index contributed by atoms with van der Waals surface area (Å²) in [6.07, 6.45) is 1.92. The summed E-state index contributed by atoms with van der Waals surface area (Å²) in [7, 11) is 0. The topological polar surface area (TPSA) is 70.4 Å². The van der Waals surface area contributed by atoms with E-state index in [-0.39, 0.29) is 30.4 Å². The van der Waals surface area contributed by atoms with Crippen molar-refractivity contribution in [3.05, 3.63) is 41.8 Å². The maximum Gasteiger partial charge on any atom is 0.323 e. The lowest BCUT2D eigenvalue weighted by Crippen LogP contribution is -2.51. The van der Waals surface area contributed by atoms with Crippen LogP contribution in [0.25, 0.3) is 5.69 Å². The molecule has 1 saturated heterocycles. The highest BCUT2D eigenvalue weighted by Crippen LogP contribution is 2.24. The van der Waals surface area contributed by atoms with Crippen LogP contribution in [0.3, 0.4) is 0 Å². The van der Waals surface area contributed by atoms with E-state index >= 15 is 0 Å². The van der Waals surface area contributed by atoms with Crippen molar-refractivity contribution in [3.63, 3.8) is 0 Å². The van der Waals surface area contributed by atoms with Gasteiger partial charge in [0.25, 0.3) is 0 Å². The SMILES string of the molecule is Cc1cc(NC(=O)N2CCCC(C)C2CO)nn1-c1cccc(F)c1. The molecule has 6 nitrogen and oxygen atoms in total. The van der Waals surface area contributed by atoms with E-state index in [4.69, 9.17) is 0 Å². The zero-order valence-corrected chi connectivity index (χ0v) is 14.4. The number of carbonyl (C=O) groups excluding carboxylic acids is 1. The number of benzene rings is 1. The second-order valence-corrected chi connectivity index (χ2v) is 6.56. The molecule has 1 fully saturated rings. The van der Waals surface area contributed by atoms with E-state index in [0.29, 0.717) is 18.1 Å². The van der Waals surface area contributed by atoms with Crippen LogP contribution in [0.1, 0.15) is 25.5 Å². The third kappa shape index (κ3) is 3.66. The van der Waals surface area contributed by atoms with Crippen LogP contribution in [0.4, 0.5) is 15.0 Å². The van der Waals surface area contributed by atoms with Gasteiger partial charge in [0.2, 0.25) is 0 Å². The summed E-state index contributed by atoms with van der Waals surface area (Å²) < 4.78 is 15.0. The molecular formula is C18H23FN4O2. The summed E-state index contributed by atoms with van der Waals surface area (Å²) in [5, 5.41) is 16.7. The number of halogens is 1. The molecular weight excluding hydrogens is 323 g/mol. The average molecular weight is 346 g/mol. The molecule has 134 valence electrons. The number of hydrogen-bond donors (Lipinski definition) is 2. The Labute approximate surface area is 146 Å². The molecule has 2 unspecified atom stereocenters. The highest BCUT2D eigenvalue weighted by Gasteiger charge is 2.31. The van der Waals surface area contributed by atoms with E-state index in [1.807, 2.05) is 13.8 Å². The Morgan fingerprint density at radius 3 is 2.96 bits per heavy atom. The smallest absolute Gasteiger partial charge is 0.323 e. The molecule has 1 aromatic carbocycles. The zero-order chi connectivity index (χ0) is 18.0. The van der Waals surface area contributed by atoms with Crippen molar-refractivity contribution >= 4 is 11.8 Å². The highest BCUT2D eigenvalue weighted by atomic mass is 19.1. The van der Waals surface area contributed by atoms with E-state index < -0.39 is 0 Å². The van der Waals surface area contributed by atoms with Crippen molar-refractivity contribution in [2.24, 2.45) is 5.92 Å². The first-order valence-electron chi connectivity index (χ1n) is 8.50. The van der Waals surface area contributed by atoms with E-state index in [1.54, 1.807) is 27.8 Å². The van der Waals surface area contributed by atoms with Crippen LogP contribution in [0, 0.1) is 18.7 Å². The van der Waals surface area contributed by atoms with Crippen molar-refractivity contribution in [2.45, 2.75) is 32.7 Å². The monoisotopic (exact) mass is 346 g/mol. The molecule has 3 rings (SSSR count). The number of hydrogen-bond acceptors (Lipinski definition) is 3. The predicted molar refractivity (Wildman–Crippen MR) is 93.3 cm³/mol. The Bertz CT molecular complexity index is 761. The van der Waals surface area contributed by atoms with Crippen LogP contribution in [0.5, 0.6) is 0 Å². The van der Waals surface area contributed by atoms with Gasteiger partial charge in [-0.15, -0.1) is 5.10 Å². The fourth-order valence-electron chi connectivity index (χ4n) is 3.37. The second kappa shape index (κ2) is 7.23. The van der Waals surface area contributed by atoms with Crippen LogP contribution >= 0.6 is 0 Å². The van der Waals surface area contributed by atoms with Crippen LogP contribution in [-0.4, -0.2) is 45.0 Å². The van der Waals surface area contributed by atoms with Gasteiger partial charge in [0.05, 0.1) is 18.3 Å². The van der Waals surface area contributed by atoms with Gasteiger partial charge in [-0.2, -0.15) is 0 Å². The number of nitrogens with one attached hydrogen (secondary N) is 1. The van der Waals surface area contributed by atoms with Crippen molar-refractivity contribution in [1.29, 1.82) is 0 Å². The van der Waals surface area contributed by atoms with Gasteiger partial charge in [-0.1, -0.05) is 13.0 Å². The first-order valence-corrected chi connectivity index (χ1v) is 8.50. The minimum Gasteiger partial charge on any atom is -0.394 e. The quantitative estimate of drug-likeness (QED) is 0.898. The summed E-state index contributed by atoms with van der Waals surface area (Å²) in [5.74, 6) is 0.323. The lowest BCUT2D eigenvalue weighted by atomic mass is 9.91. The maximum atomic E-state index is 13.4. The number of urea groups is 1. The van der Waals surface area contributed by atoms with Crippen molar-refractivity contribution < 1.29 is 14.3 Å². The Morgan fingerprint density at radius 1 is 1.44 bits per heavy atom. The number of carbonyl (C=O) groups is 1. The average Bonchev–Trinajstić information content (AvgIpc) is 2.95. The molecule has 1 aromatic heterocycles. The maximum absolute atomic E-state index is 13.4. The number of nitrogens with zero attached hydrogens (tertiary/aromatic N) is 3. The Morgan fingerprint density at radius 2 is 2.24 bits per heavy atom. The van der Waals surface area contributed by atoms with Gasteiger partial charge in [0.1, 0.15) is 5.82 Å². The van der Waals surface area contributed by atoms with Crippen molar-refractivity contribution in [2.75, 3.05) is 18.5 Å². The van der Waals surface area contributed by atoms with Gasteiger partial charge in [0, 0.05) is 18.3 Å². The molecule has 1 aliphatic rings. The Balaban J connectivity index is 1.77. The number of anilines is 1. The summed E-state index contributed by atoms with van der Waals surface area (Å²) in [6.45, 7) is 4.45. The fourth-order valence-corrected chi connectivity index (χ4v) is 3.37. The van der Waals surface area contributed by atoms with E-state index in [9.17, 15) is 14.3 Å². The third-order valence-corrected chi connectivity index (χ3v) is 4.74. The van der Waals surface area contributed by atoms with E-state index in [2.05, 4.69) is 10.4 Å². The minimum absolute atomic E-state index is 0.0503. The lowest BCUT2D eigenvalue weighted by Gasteiger charge is -2.38. The first kappa shape index (κ1) is 17.4. The zero-order valence-electron chi connectivity index (χ0n) is 14.4. The number of likely N-dealkylation sites (tertiary alicyclic amines) is 1. The normalized spacial score (nSPS) is 20.6. The first-order chi connectivity index (χ1) is 12.0. The van der Waals surface area contributed by atoms with Crippen LogP contribution in [0.15, 0.2) is 30.3 Å². The van der Waals surface area contributed by atoms with E-state index in [0.717, 1.165) is 18.5 Å². The van der Waals surface area contributed by atoms with Gasteiger partial charge in [0.15, 0.2) is 5.82 Å².